The number of nitrogens with zero attached hydrogens (tertiary/aromatic N) is 1. The minimum atomic E-state index is -0.568. The van der Waals surface area contributed by atoms with Crippen molar-refractivity contribution in [2.24, 2.45) is 17.8 Å². The molecule has 178 valence electrons. The van der Waals surface area contributed by atoms with Crippen LogP contribution in [0.1, 0.15) is 42.6 Å². The number of amides is 3. The Hall–Kier alpha value is -3.47. The monoisotopic (exact) mass is 462 g/mol. The van der Waals surface area contributed by atoms with Crippen molar-refractivity contribution in [1.82, 2.24) is 20.5 Å². The third-order valence-electron chi connectivity index (χ3n) is 7.70. The fourth-order valence-corrected chi connectivity index (χ4v) is 6.01. The summed E-state index contributed by atoms with van der Waals surface area (Å²) >= 11 is 0. The van der Waals surface area contributed by atoms with Gasteiger partial charge in [-0.25, -0.2) is 0 Å². The first-order valence-corrected chi connectivity index (χ1v) is 12.0. The molecule has 0 spiro atoms. The molecule has 5 atom stereocenters. The first-order chi connectivity index (χ1) is 16.5. The summed E-state index contributed by atoms with van der Waals surface area (Å²) < 4.78 is 5.43. The van der Waals surface area contributed by atoms with Crippen LogP contribution in [0.15, 0.2) is 24.3 Å². The summed E-state index contributed by atoms with van der Waals surface area (Å²) in [6, 6.07) is 6.30. The predicted octanol–water partition coefficient (Wildman–Crippen LogP) is 2.06. The highest BCUT2D eigenvalue weighted by molar-refractivity contribution is 6.02. The lowest BCUT2D eigenvalue weighted by Gasteiger charge is -2.28. The quantitative estimate of drug-likeness (QED) is 0.572. The van der Waals surface area contributed by atoms with Crippen LogP contribution in [0.4, 0.5) is 0 Å². The molecule has 3 heterocycles. The molecular formula is C26H30N4O4. The molecular weight excluding hydrogens is 432 g/mol. The summed E-state index contributed by atoms with van der Waals surface area (Å²) in [5, 5.41) is 6.61. The number of H-pyrrole nitrogens is 1. The molecule has 5 unspecified atom stereocenters. The zero-order valence-corrected chi connectivity index (χ0v) is 19.3. The number of terminal acetylenes is 1. The van der Waals surface area contributed by atoms with Gasteiger partial charge < -0.3 is 25.3 Å². The highest BCUT2D eigenvalue weighted by Crippen LogP contribution is 2.43. The molecule has 0 bridgehead atoms. The van der Waals surface area contributed by atoms with Crippen LogP contribution in [-0.2, 0) is 9.59 Å². The van der Waals surface area contributed by atoms with E-state index in [0.717, 1.165) is 36.6 Å². The fourth-order valence-electron chi connectivity index (χ4n) is 6.01. The highest BCUT2D eigenvalue weighted by atomic mass is 16.5. The maximum atomic E-state index is 13.6. The second-order valence-electron chi connectivity index (χ2n) is 9.60. The lowest BCUT2D eigenvalue weighted by Crippen LogP contribution is -2.51. The van der Waals surface area contributed by atoms with Gasteiger partial charge in [-0.15, -0.1) is 6.42 Å². The molecule has 1 saturated carbocycles. The average molecular weight is 463 g/mol. The lowest BCUT2D eigenvalue weighted by atomic mass is 9.92. The molecule has 2 aromatic rings. The van der Waals surface area contributed by atoms with Crippen LogP contribution >= 0.6 is 0 Å². The Morgan fingerprint density at radius 2 is 2.18 bits per heavy atom. The topological polar surface area (TPSA) is 104 Å². The third-order valence-corrected chi connectivity index (χ3v) is 7.70. The normalized spacial score (nSPS) is 26.7. The van der Waals surface area contributed by atoms with Crippen molar-refractivity contribution in [3.8, 4) is 18.1 Å². The molecule has 1 aromatic heterocycles. The van der Waals surface area contributed by atoms with Crippen LogP contribution in [-0.4, -0.2) is 59.9 Å². The number of aromatic nitrogens is 1. The van der Waals surface area contributed by atoms with Gasteiger partial charge in [0.25, 0.3) is 5.91 Å². The third kappa shape index (κ3) is 3.89. The van der Waals surface area contributed by atoms with Crippen molar-refractivity contribution < 1.29 is 19.1 Å². The maximum Gasteiger partial charge on any atom is 0.271 e. The van der Waals surface area contributed by atoms with Gasteiger partial charge in [0.2, 0.25) is 11.8 Å². The Labute approximate surface area is 198 Å². The molecule has 3 aliphatic rings. The SMILES string of the molecule is C#CC(CC1CCNC1=O)NC(=O)C1C2CCCC2CN1C(=O)c1cc2c(OC)cccc2[nH]1. The molecule has 2 aliphatic heterocycles. The molecule has 2 saturated heterocycles. The zero-order chi connectivity index (χ0) is 23.8. The first-order valence-electron chi connectivity index (χ1n) is 12.0. The number of carbonyl (C=O) groups excluding carboxylic acids is 3. The Morgan fingerprint density at radius 1 is 1.32 bits per heavy atom. The van der Waals surface area contributed by atoms with Crippen LogP contribution < -0.4 is 15.4 Å². The number of aromatic amines is 1. The van der Waals surface area contributed by atoms with Gasteiger partial charge in [-0.05, 0) is 55.7 Å². The van der Waals surface area contributed by atoms with Crippen molar-refractivity contribution in [2.45, 2.75) is 44.2 Å². The van der Waals surface area contributed by atoms with Crippen molar-refractivity contribution in [3.05, 3.63) is 30.0 Å². The van der Waals surface area contributed by atoms with Gasteiger partial charge in [0, 0.05) is 29.9 Å². The molecule has 34 heavy (non-hydrogen) atoms. The van der Waals surface area contributed by atoms with Crippen molar-refractivity contribution in [2.75, 3.05) is 20.2 Å². The molecule has 1 aromatic carbocycles. The number of likely N-dealkylation sites (tertiary alicyclic amines) is 1. The zero-order valence-electron chi connectivity index (χ0n) is 19.3. The molecule has 3 N–H and O–H groups in total. The lowest BCUT2D eigenvalue weighted by molar-refractivity contribution is -0.127. The number of fused-ring (bicyclic) bond motifs is 2. The molecule has 3 amide bonds. The standard InChI is InChI=1S/C26H30N4O4/c1-3-17(12-15-10-11-27-24(15)31)28-25(32)23-18-7-4-6-16(18)14-30(23)26(33)21-13-19-20(29-21)8-5-9-22(19)34-2/h1,5,8-9,13,15-18,23,29H,4,6-7,10-12,14H2,2H3,(H,27,31)(H,28,32). The van der Waals surface area contributed by atoms with E-state index in [1.54, 1.807) is 18.1 Å². The minimum absolute atomic E-state index is 0.0164. The minimum Gasteiger partial charge on any atom is -0.496 e. The van der Waals surface area contributed by atoms with E-state index in [1.165, 1.54) is 0 Å². The van der Waals surface area contributed by atoms with Crippen LogP contribution in [0.5, 0.6) is 5.75 Å². The van der Waals surface area contributed by atoms with Crippen molar-refractivity contribution in [3.63, 3.8) is 0 Å². The summed E-state index contributed by atoms with van der Waals surface area (Å²) in [7, 11) is 1.60. The van der Waals surface area contributed by atoms with E-state index in [1.807, 2.05) is 18.2 Å². The Morgan fingerprint density at radius 3 is 2.91 bits per heavy atom. The van der Waals surface area contributed by atoms with Gasteiger partial charge >= 0.3 is 0 Å². The maximum absolute atomic E-state index is 13.6. The first kappa shape index (κ1) is 22.3. The number of hydrogen-bond donors (Lipinski definition) is 3. The molecule has 3 fully saturated rings. The van der Waals surface area contributed by atoms with E-state index >= 15 is 0 Å². The number of ether oxygens (including phenoxy) is 1. The van der Waals surface area contributed by atoms with Gasteiger partial charge in [0.15, 0.2) is 0 Å². The van der Waals surface area contributed by atoms with Crippen molar-refractivity contribution >= 4 is 28.6 Å². The van der Waals surface area contributed by atoms with Crippen LogP contribution in [0, 0.1) is 30.1 Å². The van der Waals surface area contributed by atoms with E-state index in [0.29, 0.717) is 36.9 Å². The van der Waals surface area contributed by atoms with Crippen LogP contribution in [0.3, 0.4) is 0 Å². The van der Waals surface area contributed by atoms with Crippen molar-refractivity contribution in [1.29, 1.82) is 0 Å². The number of methoxy groups -OCH3 is 1. The number of benzene rings is 1. The van der Waals surface area contributed by atoms with E-state index in [2.05, 4.69) is 21.5 Å². The molecule has 8 heteroatoms. The number of nitrogens with one attached hydrogen (secondary N) is 3. The van der Waals surface area contributed by atoms with E-state index in [4.69, 9.17) is 11.2 Å². The number of carbonyl (C=O) groups is 3. The second kappa shape index (κ2) is 9.05. The average Bonchev–Trinajstić information content (AvgIpc) is 3.61. The summed E-state index contributed by atoms with van der Waals surface area (Å²) in [5.74, 6) is 3.13. The molecule has 5 rings (SSSR count). The molecule has 8 nitrogen and oxygen atoms in total. The Bertz CT molecular complexity index is 1170. The van der Waals surface area contributed by atoms with E-state index < -0.39 is 12.1 Å². The number of hydrogen-bond acceptors (Lipinski definition) is 4. The predicted molar refractivity (Wildman–Crippen MR) is 127 cm³/mol. The van der Waals surface area contributed by atoms with Gasteiger partial charge in [-0.1, -0.05) is 18.4 Å². The van der Waals surface area contributed by atoms with E-state index in [9.17, 15) is 14.4 Å². The Kier molecular flexibility index (Phi) is 5.94. The Balaban J connectivity index is 1.37. The van der Waals surface area contributed by atoms with Gasteiger partial charge in [0.1, 0.15) is 17.5 Å². The van der Waals surface area contributed by atoms with Gasteiger partial charge in [0.05, 0.1) is 13.2 Å². The smallest absolute Gasteiger partial charge is 0.271 e. The largest absolute Gasteiger partial charge is 0.496 e. The summed E-state index contributed by atoms with van der Waals surface area (Å²) in [6.45, 7) is 1.19. The van der Waals surface area contributed by atoms with Gasteiger partial charge in [-0.3, -0.25) is 14.4 Å². The van der Waals surface area contributed by atoms with Crippen LogP contribution in [0.25, 0.3) is 10.9 Å². The number of rotatable bonds is 6. The van der Waals surface area contributed by atoms with Gasteiger partial charge in [-0.2, -0.15) is 0 Å². The second-order valence-corrected chi connectivity index (χ2v) is 9.60. The van der Waals surface area contributed by atoms with Crippen LogP contribution in [0.2, 0.25) is 0 Å². The summed E-state index contributed by atoms with van der Waals surface area (Å²) in [4.78, 5) is 44.0. The molecule has 1 aliphatic carbocycles. The fraction of sp³-hybridized carbons (Fsp3) is 0.500. The van der Waals surface area contributed by atoms with E-state index in [-0.39, 0.29) is 29.6 Å². The summed E-state index contributed by atoms with van der Waals surface area (Å²) in [5.41, 5.74) is 1.25. The molecule has 0 radical (unpaired) electrons. The summed E-state index contributed by atoms with van der Waals surface area (Å²) in [6.07, 6.45) is 9.83. The highest BCUT2D eigenvalue weighted by Gasteiger charge is 2.50.